The summed E-state index contributed by atoms with van der Waals surface area (Å²) in [5, 5.41) is 0. The van der Waals surface area contributed by atoms with Crippen molar-refractivity contribution >= 4 is 11.8 Å². The van der Waals surface area contributed by atoms with E-state index in [0.717, 1.165) is 32.1 Å². The summed E-state index contributed by atoms with van der Waals surface area (Å²) < 4.78 is 5.79. The molecule has 4 fully saturated rings. The second-order valence-corrected chi connectivity index (χ2v) is 7.38. The quantitative estimate of drug-likeness (QED) is 0.736. The van der Waals surface area contributed by atoms with Gasteiger partial charge in [-0.25, -0.2) is 0 Å². The Hall–Kier alpha value is -0.860. The number of hydrogen-bond donors (Lipinski definition) is 0. The van der Waals surface area contributed by atoms with Gasteiger partial charge >= 0.3 is 5.97 Å². The Bertz CT molecular complexity index is 412. The first-order valence-electron chi connectivity index (χ1n) is 7.67. The fourth-order valence-electron chi connectivity index (χ4n) is 4.19. The van der Waals surface area contributed by atoms with Crippen molar-refractivity contribution < 1.29 is 14.3 Å². The number of Topliss-reactive ketones (excluding diaryl/α,β-unsaturated/α-hetero) is 1. The largest absolute Gasteiger partial charge is 0.461 e. The normalized spacial score (nSPS) is 40.6. The van der Waals surface area contributed by atoms with Crippen molar-refractivity contribution in [2.45, 2.75) is 59.0 Å². The Labute approximate surface area is 115 Å². The van der Waals surface area contributed by atoms with E-state index in [4.69, 9.17) is 4.74 Å². The smallest absolute Gasteiger partial charge is 0.311 e. The molecule has 0 aromatic rings. The van der Waals surface area contributed by atoms with Crippen LogP contribution in [0, 0.1) is 29.1 Å². The minimum absolute atomic E-state index is 0.00727. The molecule has 0 heterocycles. The van der Waals surface area contributed by atoms with Crippen molar-refractivity contribution in [2.24, 2.45) is 29.1 Å². The standard InChI is InChI=1S/C16H24O3/c1-4-16(2,3)15(18)19-14-11-6-9-5-10(8-11)13(17)12(14)7-9/h9-12,14H,4-8H2,1-3H3. The molecule has 5 atom stereocenters. The van der Waals surface area contributed by atoms with Crippen LogP contribution < -0.4 is 0 Å². The third kappa shape index (κ3) is 2.02. The zero-order valence-electron chi connectivity index (χ0n) is 12.1. The second kappa shape index (κ2) is 4.32. The number of esters is 1. The predicted molar refractivity (Wildman–Crippen MR) is 71.4 cm³/mol. The Morgan fingerprint density at radius 2 is 2.00 bits per heavy atom. The predicted octanol–water partition coefficient (Wildman–Crippen LogP) is 2.97. The molecule has 106 valence electrons. The highest BCUT2D eigenvalue weighted by Crippen LogP contribution is 2.53. The van der Waals surface area contributed by atoms with Crippen molar-refractivity contribution in [3.63, 3.8) is 0 Å². The van der Waals surface area contributed by atoms with Crippen molar-refractivity contribution in [1.29, 1.82) is 0 Å². The number of ether oxygens (including phenoxy) is 1. The van der Waals surface area contributed by atoms with Crippen LogP contribution in [0.1, 0.15) is 52.9 Å². The SMILES string of the molecule is CCC(C)(C)C(=O)OC1C2CC3CC(C2)C(=O)C1C3. The van der Waals surface area contributed by atoms with Crippen LogP contribution in [0.2, 0.25) is 0 Å². The summed E-state index contributed by atoms with van der Waals surface area (Å²) in [5.41, 5.74) is -0.433. The number of carbonyl (C=O) groups is 2. The third-order valence-corrected chi connectivity index (χ3v) is 5.74. The molecule has 3 heteroatoms. The average molecular weight is 264 g/mol. The molecule has 19 heavy (non-hydrogen) atoms. The lowest BCUT2D eigenvalue weighted by atomic mass is 9.54. The van der Waals surface area contributed by atoms with Gasteiger partial charge in [0.2, 0.25) is 0 Å². The number of ketones is 1. The molecule has 4 aliphatic carbocycles. The summed E-state index contributed by atoms with van der Waals surface area (Å²) in [6, 6.07) is 0. The van der Waals surface area contributed by atoms with Gasteiger partial charge in [0.1, 0.15) is 11.9 Å². The summed E-state index contributed by atoms with van der Waals surface area (Å²) in [5.74, 6) is 1.68. The molecule has 0 aromatic carbocycles. The van der Waals surface area contributed by atoms with Crippen LogP contribution in [0.5, 0.6) is 0 Å². The van der Waals surface area contributed by atoms with Gasteiger partial charge in [0.15, 0.2) is 0 Å². The average Bonchev–Trinajstić information content (AvgIpc) is 2.38. The second-order valence-electron chi connectivity index (χ2n) is 7.38. The summed E-state index contributed by atoms with van der Waals surface area (Å²) in [7, 11) is 0. The molecule has 0 amide bonds. The van der Waals surface area contributed by atoms with Crippen molar-refractivity contribution in [1.82, 2.24) is 0 Å². The molecule has 3 nitrogen and oxygen atoms in total. The van der Waals surface area contributed by atoms with Crippen LogP contribution in [0.15, 0.2) is 0 Å². The maximum absolute atomic E-state index is 12.3. The first kappa shape index (κ1) is 13.1. The van der Waals surface area contributed by atoms with E-state index < -0.39 is 5.41 Å². The van der Waals surface area contributed by atoms with E-state index in [1.165, 1.54) is 0 Å². The van der Waals surface area contributed by atoms with Crippen LogP contribution >= 0.6 is 0 Å². The van der Waals surface area contributed by atoms with Gasteiger partial charge in [-0.2, -0.15) is 0 Å². The molecule has 4 aliphatic rings. The Balaban J connectivity index is 1.75. The van der Waals surface area contributed by atoms with E-state index >= 15 is 0 Å². The lowest BCUT2D eigenvalue weighted by Crippen LogP contribution is -2.55. The lowest BCUT2D eigenvalue weighted by Gasteiger charge is -2.52. The number of hydrogen-bond acceptors (Lipinski definition) is 3. The molecule has 0 spiro atoms. The highest BCUT2D eigenvalue weighted by atomic mass is 16.5. The first-order valence-corrected chi connectivity index (χ1v) is 7.67. The Morgan fingerprint density at radius 3 is 2.68 bits per heavy atom. The Kier molecular flexibility index (Phi) is 2.99. The van der Waals surface area contributed by atoms with Gasteiger partial charge < -0.3 is 4.74 Å². The fraction of sp³-hybridized carbons (Fsp3) is 0.875. The molecule has 4 saturated carbocycles. The highest BCUT2D eigenvalue weighted by Gasteiger charge is 2.55. The van der Waals surface area contributed by atoms with Gasteiger partial charge in [0.25, 0.3) is 0 Å². The fourth-order valence-corrected chi connectivity index (χ4v) is 4.19. The third-order valence-electron chi connectivity index (χ3n) is 5.74. The van der Waals surface area contributed by atoms with Crippen LogP contribution in [-0.4, -0.2) is 17.9 Å². The van der Waals surface area contributed by atoms with Crippen molar-refractivity contribution in [3.8, 4) is 0 Å². The van der Waals surface area contributed by atoms with E-state index in [-0.39, 0.29) is 23.9 Å². The van der Waals surface area contributed by atoms with Gasteiger partial charge in [0, 0.05) is 5.92 Å². The summed E-state index contributed by atoms with van der Waals surface area (Å²) in [6.45, 7) is 5.85. The zero-order chi connectivity index (χ0) is 13.8. The van der Waals surface area contributed by atoms with Gasteiger partial charge in [0.05, 0.1) is 11.3 Å². The molecular weight excluding hydrogens is 240 g/mol. The summed E-state index contributed by atoms with van der Waals surface area (Å²) >= 11 is 0. The zero-order valence-corrected chi connectivity index (χ0v) is 12.1. The van der Waals surface area contributed by atoms with Crippen molar-refractivity contribution in [3.05, 3.63) is 0 Å². The van der Waals surface area contributed by atoms with Crippen LogP contribution in [0.25, 0.3) is 0 Å². The maximum atomic E-state index is 12.3. The van der Waals surface area contributed by atoms with E-state index in [9.17, 15) is 9.59 Å². The Morgan fingerprint density at radius 1 is 1.26 bits per heavy atom. The highest BCUT2D eigenvalue weighted by molar-refractivity contribution is 5.87. The minimum atomic E-state index is -0.433. The van der Waals surface area contributed by atoms with E-state index in [0.29, 0.717) is 17.6 Å². The van der Waals surface area contributed by atoms with Crippen LogP contribution in [0.3, 0.4) is 0 Å². The molecule has 5 unspecified atom stereocenters. The van der Waals surface area contributed by atoms with Crippen LogP contribution in [-0.2, 0) is 14.3 Å². The van der Waals surface area contributed by atoms with E-state index in [2.05, 4.69) is 0 Å². The summed E-state index contributed by atoms with van der Waals surface area (Å²) in [6.07, 6.45) is 4.80. The van der Waals surface area contributed by atoms with Crippen LogP contribution in [0.4, 0.5) is 0 Å². The first-order chi connectivity index (χ1) is 8.92. The van der Waals surface area contributed by atoms with Gasteiger partial charge in [-0.3, -0.25) is 9.59 Å². The van der Waals surface area contributed by atoms with Crippen molar-refractivity contribution in [2.75, 3.05) is 0 Å². The maximum Gasteiger partial charge on any atom is 0.311 e. The molecule has 0 N–H and O–H groups in total. The number of rotatable bonds is 3. The molecule has 4 rings (SSSR count). The molecule has 0 aromatic heterocycles. The lowest BCUT2D eigenvalue weighted by molar-refractivity contribution is -0.183. The topological polar surface area (TPSA) is 43.4 Å². The van der Waals surface area contributed by atoms with E-state index in [1.54, 1.807) is 0 Å². The summed E-state index contributed by atoms with van der Waals surface area (Å²) in [4.78, 5) is 24.6. The molecule has 0 radical (unpaired) electrons. The van der Waals surface area contributed by atoms with Gasteiger partial charge in [-0.15, -0.1) is 0 Å². The molecular formula is C16H24O3. The van der Waals surface area contributed by atoms with E-state index in [1.807, 2.05) is 20.8 Å². The number of carbonyl (C=O) groups excluding carboxylic acids is 2. The molecule has 0 aliphatic heterocycles. The monoisotopic (exact) mass is 264 g/mol. The van der Waals surface area contributed by atoms with Gasteiger partial charge in [-0.1, -0.05) is 6.92 Å². The molecule has 0 saturated heterocycles. The molecule has 4 bridgehead atoms. The minimum Gasteiger partial charge on any atom is -0.461 e. The van der Waals surface area contributed by atoms with Gasteiger partial charge in [-0.05, 0) is 57.8 Å².